The predicted molar refractivity (Wildman–Crippen MR) is 86.6 cm³/mol. The summed E-state index contributed by atoms with van der Waals surface area (Å²) in [7, 11) is -7.16. The fourth-order valence-corrected chi connectivity index (χ4v) is 3.48. The van der Waals surface area contributed by atoms with Gasteiger partial charge in [0.05, 0.1) is 4.90 Å². The Kier molecular flexibility index (Phi) is 6.25. The molecule has 0 saturated carbocycles. The predicted octanol–water partition coefficient (Wildman–Crippen LogP) is 1.30. The van der Waals surface area contributed by atoms with Crippen LogP contribution in [0.15, 0.2) is 38.8 Å². The molecular weight excluding hydrogens is 373 g/mol. The molecule has 0 unspecified atom stereocenters. The van der Waals surface area contributed by atoms with Crippen LogP contribution in [0.3, 0.4) is 0 Å². The molecule has 0 fully saturated rings. The molecule has 138 valence electrons. The minimum Gasteiger partial charge on any atom is -0.413 e. The lowest BCUT2D eigenvalue weighted by atomic mass is 10.2. The van der Waals surface area contributed by atoms with Crippen LogP contribution in [-0.4, -0.2) is 39.8 Å². The van der Waals surface area contributed by atoms with E-state index in [2.05, 4.69) is 14.9 Å². The SMILES string of the molecule is CS(=O)(=O)c1nnc(CCCCCNS(=O)(=O)c2ccc(F)cc2)o1. The summed E-state index contributed by atoms with van der Waals surface area (Å²) in [5.41, 5.74) is 0. The number of benzene rings is 1. The van der Waals surface area contributed by atoms with Gasteiger partial charge in [-0.3, -0.25) is 0 Å². The van der Waals surface area contributed by atoms with Gasteiger partial charge in [-0.15, -0.1) is 5.10 Å². The van der Waals surface area contributed by atoms with E-state index in [9.17, 15) is 21.2 Å². The zero-order valence-corrected chi connectivity index (χ0v) is 15.1. The maximum atomic E-state index is 12.8. The van der Waals surface area contributed by atoms with Crippen molar-refractivity contribution < 1.29 is 25.6 Å². The van der Waals surface area contributed by atoms with Gasteiger partial charge in [0.1, 0.15) is 5.82 Å². The molecule has 0 aliphatic rings. The van der Waals surface area contributed by atoms with Crippen molar-refractivity contribution in [3.8, 4) is 0 Å². The number of halogens is 1. The first-order valence-corrected chi connectivity index (χ1v) is 10.8. The van der Waals surface area contributed by atoms with E-state index < -0.39 is 30.9 Å². The minimum absolute atomic E-state index is 0.00747. The average molecular weight is 391 g/mol. The average Bonchev–Trinajstić information content (AvgIpc) is 3.00. The molecule has 0 spiro atoms. The molecule has 1 aromatic carbocycles. The third-order valence-corrected chi connectivity index (χ3v) is 5.53. The molecule has 0 aliphatic carbocycles. The summed E-state index contributed by atoms with van der Waals surface area (Å²) >= 11 is 0. The summed E-state index contributed by atoms with van der Waals surface area (Å²) < 4.78 is 66.6. The minimum atomic E-state index is -3.65. The molecule has 1 N–H and O–H groups in total. The molecule has 11 heteroatoms. The van der Waals surface area contributed by atoms with Gasteiger partial charge in [-0.2, -0.15) is 0 Å². The quantitative estimate of drug-likeness (QED) is 0.640. The topological polar surface area (TPSA) is 119 Å². The van der Waals surface area contributed by atoms with Gasteiger partial charge >= 0.3 is 5.22 Å². The molecule has 1 heterocycles. The first kappa shape index (κ1) is 19.5. The molecule has 0 bridgehead atoms. The number of rotatable bonds is 9. The summed E-state index contributed by atoms with van der Waals surface area (Å²) in [6.07, 6.45) is 3.30. The van der Waals surface area contributed by atoms with Crippen LogP contribution in [0.5, 0.6) is 0 Å². The van der Waals surface area contributed by atoms with E-state index in [-0.39, 0.29) is 17.3 Å². The Morgan fingerprint density at radius 2 is 1.72 bits per heavy atom. The largest absolute Gasteiger partial charge is 0.413 e. The van der Waals surface area contributed by atoms with Crippen molar-refractivity contribution in [3.63, 3.8) is 0 Å². The number of sulfone groups is 1. The lowest BCUT2D eigenvalue weighted by molar-refractivity contribution is 0.392. The van der Waals surface area contributed by atoms with Crippen LogP contribution in [0.2, 0.25) is 0 Å². The molecule has 0 atom stereocenters. The fraction of sp³-hybridized carbons (Fsp3) is 0.429. The van der Waals surface area contributed by atoms with Crippen molar-refractivity contribution in [2.45, 2.75) is 35.8 Å². The Morgan fingerprint density at radius 3 is 2.32 bits per heavy atom. The summed E-state index contributed by atoms with van der Waals surface area (Å²) in [5, 5.41) is 6.69. The lowest BCUT2D eigenvalue weighted by Gasteiger charge is -2.06. The fourth-order valence-electron chi connectivity index (χ4n) is 1.97. The standard InChI is InChI=1S/C14H18FN3O5S2/c1-24(19,20)14-18-17-13(23-14)5-3-2-4-10-16-25(21,22)12-8-6-11(15)7-9-12/h6-9,16H,2-5,10H2,1H3. The van der Waals surface area contributed by atoms with Crippen LogP contribution in [0, 0.1) is 5.82 Å². The van der Waals surface area contributed by atoms with Gasteiger partial charge in [-0.25, -0.2) is 25.9 Å². The van der Waals surface area contributed by atoms with Crippen LogP contribution in [0.4, 0.5) is 4.39 Å². The van der Waals surface area contributed by atoms with E-state index in [1.165, 1.54) is 12.1 Å². The molecular formula is C14H18FN3O5S2. The second-order valence-electron chi connectivity index (χ2n) is 5.40. The van der Waals surface area contributed by atoms with Crippen molar-refractivity contribution in [2.75, 3.05) is 12.8 Å². The number of nitrogens with zero attached hydrogens (tertiary/aromatic N) is 2. The highest BCUT2D eigenvalue weighted by Gasteiger charge is 2.16. The van der Waals surface area contributed by atoms with E-state index >= 15 is 0 Å². The molecule has 1 aromatic heterocycles. The summed E-state index contributed by atoms with van der Waals surface area (Å²) in [6.45, 7) is 0.234. The molecule has 0 saturated heterocycles. The second-order valence-corrected chi connectivity index (χ2v) is 9.06. The number of sulfonamides is 1. The van der Waals surface area contributed by atoms with Gasteiger partial charge < -0.3 is 4.42 Å². The van der Waals surface area contributed by atoms with E-state index in [1.54, 1.807) is 0 Å². The first-order chi connectivity index (χ1) is 11.7. The monoisotopic (exact) mass is 391 g/mol. The third kappa shape index (κ3) is 5.87. The van der Waals surface area contributed by atoms with Crippen LogP contribution in [0.25, 0.3) is 0 Å². The van der Waals surface area contributed by atoms with Crippen molar-refractivity contribution in [3.05, 3.63) is 36.0 Å². The van der Waals surface area contributed by atoms with Gasteiger partial charge in [0, 0.05) is 19.2 Å². The number of aryl methyl sites for hydroxylation is 1. The molecule has 8 nitrogen and oxygen atoms in total. The van der Waals surface area contributed by atoms with Crippen LogP contribution in [0.1, 0.15) is 25.2 Å². The second kappa shape index (κ2) is 8.02. The van der Waals surface area contributed by atoms with E-state index in [0.29, 0.717) is 25.7 Å². The lowest BCUT2D eigenvalue weighted by Crippen LogP contribution is -2.24. The Labute approximate surface area is 145 Å². The van der Waals surface area contributed by atoms with Crippen LogP contribution < -0.4 is 4.72 Å². The highest BCUT2D eigenvalue weighted by Crippen LogP contribution is 2.11. The smallest absolute Gasteiger partial charge is 0.335 e. The van der Waals surface area contributed by atoms with E-state index in [1.807, 2.05) is 0 Å². The van der Waals surface area contributed by atoms with Crippen molar-refractivity contribution >= 4 is 19.9 Å². The van der Waals surface area contributed by atoms with Crippen molar-refractivity contribution in [1.29, 1.82) is 0 Å². The van der Waals surface area contributed by atoms with Gasteiger partial charge in [0.25, 0.3) is 0 Å². The highest BCUT2D eigenvalue weighted by molar-refractivity contribution is 7.90. The Balaban J connectivity index is 1.71. The summed E-state index contributed by atoms with van der Waals surface area (Å²) in [5.74, 6) is -0.272. The zero-order valence-electron chi connectivity index (χ0n) is 13.5. The maximum absolute atomic E-state index is 12.8. The molecule has 0 amide bonds. The molecule has 2 aromatic rings. The zero-order chi connectivity index (χ0) is 18.5. The van der Waals surface area contributed by atoms with Gasteiger partial charge in [-0.05, 0) is 37.1 Å². The van der Waals surface area contributed by atoms with E-state index in [0.717, 1.165) is 18.4 Å². The van der Waals surface area contributed by atoms with Crippen LogP contribution >= 0.6 is 0 Å². The molecule has 0 radical (unpaired) electrons. The van der Waals surface area contributed by atoms with Gasteiger partial charge in [0.15, 0.2) is 0 Å². The first-order valence-electron chi connectivity index (χ1n) is 7.46. The number of unbranched alkanes of at least 4 members (excludes halogenated alkanes) is 2. The number of hydrogen-bond acceptors (Lipinski definition) is 7. The van der Waals surface area contributed by atoms with Gasteiger partial charge in [0.2, 0.25) is 25.8 Å². The normalized spacial score (nSPS) is 12.4. The summed E-state index contributed by atoms with van der Waals surface area (Å²) in [6, 6.07) is 4.58. The van der Waals surface area contributed by atoms with Crippen molar-refractivity contribution in [1.82, 2.24) is 14.9 Å². The van der Waals surface area contributed by atoms with Gasteiger partial charge in [-0.1, -0.05) is 11.5 Å². The molecule has 2 rings (SSSR count). The highest BCUT2D eigenvalue weighted by atomic mass is 32.2. The van der Waals surface area contributed by atoms with E-state index in [4.69, 9.17) is 4.42 Å². The Hall–Kier alpha value is -1.85. The maximum Gasteiger partial charge on any atom is 0.335 e. The number of hydrogen-bond donors (Lipinski definition) is 1. The number of nitrogens with one attached hydrogen (secondary N) is 1. The van der Waals surface area contributed by atoms with Crippen molar-refractivity contribution in [2.24, 2.45) is 0 Å². The Bertz CT molecular complexity index is 908. The Morgan fingerprint density at radius 1 is 1.04 bits per heavy atom. The number of aromatic nitrogens is 2. The summed E-state index contributed by atoms with van der Waals surface area (Å²) in [4.78, 5) is 0.00747. The molecule has 0 aliphatic heterocycles. The third-order valence-electron chi connectivity index (χ3n) is 3.25. The van der Waals surface area contributed by atoms with Crippen LogP contribution in [-0.2, 0) is 26.3 Å². The molecule has 25 heavy (non-hydrogen) atoms.